The summed E-state index contributed by atoms with van der Waals surface area (Å²) in [6.45, 7) is 3.52. The van der Waals surface area contributed by atoms with Gasteiger partial charge in [-0.25, -0.2) is 8.42 Å². The summed E-state index contributed by atoms with van der Waals surface area (Å²) in [4.78, 5) is 0. The molecule has 0 aromatic carbocycles. The van der Waals surface area contributed by atoms with E-state index in [1.165, 1.54) is 4.68 Å². The molecule has 1 N–H and O–H groups in total. The van der Waals surface area contributed by atoms with Gasteiger partial charge in [0, 0.05) is 0 Å². The van der Waals surface area contributed by atoms with Gasteiger partial charge >= 0.3 is 0 Å². The van der Waals surface area contributed by atoms with Gasteiger partial charge in [-0.3, -0.25) is 4.68 Å². The number of sulfone groups is 1. The molecule has 0 saturated carbocycles. The summed E-state index contributed by atoms with van der Waals surface area (Å²) in [5.41, 5.74) is 1.34. The molecular weight excluding hydrogens is 252 g/mol. The fraction of sp³-hybridized carbons (Fsp3) is 0.667. The number of halogens is 1. The van der Waals surface area contributed by atoms with Gasteiger partial charge in [0.1, 0.15) is 0 Å². The third-order valence-electron chi connectivity index (χ3n) is 2.84. The minimum atomic E-state index is -3.17. The first-order valence-corrected chi connectivity index (χ1v) is 7.11. The van der Waals surface area contributed by atoms with Crippen molar-refractivity contribution in [1.82, 2.24) is 9.78 Å². The van der Waals surface area contributed by atoms with Crippen LogP contribution in [0.1, 0.15) is 17.4 Å². The summed E-state index contributed by atoms with van der Waals surface area (Å²) >= 11 is 5.98. The summed E-state index contributed by atoms with van der Waals surface area (Å²) in [5.74, 6) is -0.278. The van der Waals surface area contributed by atoms with Crippen molar-refractivity contribution >= 4 is 21.4 Å². The van der Waals surface area contributed by atoms with Gasteiger partial charge in [-0.05, 0) is 13.8 Å². The number of aromatic nitrogens is 2. The predicted octanol–water partition coefficient (Wildman–Crippen LogP) is 0.484. The predicted molar refractivity (Wildman–Crippen MR) is 60.4 cm³/mol. The molecule has 16 heavy (non-hydrogen) atoms. The van der Waals surface area contributed by atoms with Crippen molar-refractivity contribution in [3.8, 4) is 0 Å². The molecule has 0 spiro atoms. The number of hydrogen-bond acceptors (Lipinski definition) is 4. The molecule has 0 aliphatic carbocycles. The van der Waals surface area contributed by atoms with Crippen LogP contribution in [-0.4, -0.2) is 40.9 Å². The van der Waals surface area contributed by atoms with Crippen LogP contribution >= 0.6 is 11.6 Å². The Bertz CT molecular complexity index is 523. The van der Waals surface area contributed by atoms with E-state index in [2.05, 4.69) is 5.10 Å². The second-order valence-electron chi connectivity index (χ2n) is 4.14. The molecule has 1 aromatic heterocycles. The van der Waals surface area contributed by atoms with Crippen molar-refractivity contribution in [3.05, 3.63) is 16.4 Å². The van der Waals surface area contributed by atoms with Crippen LogP contribution in [0.4, 0.5) is 0 Å². The molecule has 1 aliphatic heterocycles. The molecule has 5 nitrogen and oxygen atoms in total. The molecular formula is C9H13ClN2O3S. The van der Waals surface area contributed by atoms with Crippen molar-refractivity contribution in [1.29, 1.82) is 0 Å². The summed E-state index contributed by atoms with van der Waals surface area (Å²) in [6, 6.07) is -0.517. The topological polar surface area (TPSA) is 72.2 Å². The summed E-state index contributed by atoms with van der Waals surface area (Å²) in [6.07, 6.45) is -0.904. The lowest BCUT2D eigenvalue weighted by Crippen LogP contribution is -2.24. The number of rotatable bonds is 1. The summed E-state index contributed by atoms with van der Waals surface area (Å²) in [7, 11) is -3.17. The van der Waals surface area contributed by atoms with Crippen LogP contribution < -0.4 is 0 Å². The standard InChI is InChI=1S/C9H13ClN2O3S/c1-5-9(10)6(2)12(11-5)7-3-16(14,15)4-8(7)13/h7-8,13H,3-4H2,1-2H3. The van der Waals surface area contributed by atoms with Crippen molar-refractivity contribution < 1.29 is 13.5 Å². The normalized spacial score (nSPS) is 28.5. The molecule has 2 unspecified atom stereocenters. The maximum atomic E-state index is 11.4. The largest absolute Gasteiger partial charge is 0.390 e. The molecule has 1 aliphatic rings. The van der Waals surface area contributed by atoms with E-state index in [4.69, 9.17) is 11.6 Å². The van der Waals surface area contributed by atoms with E-state index in [-0.39, 0.29) is 11.5 Å². The van der Waals surface area contributed by atoms with Crippen LogP contribution in [0.25, 0.3) is 0 Å². The highest BCUT2D eigenvalue weighted by Gasteiger charge is 2.39. The van der Waals surface area contributed by atoms with E-state index in [1.54, 1.807) is 13.8 Å². The quantitative estimate of drug-likeness (QED) is 0.801. The molecule has 0 radical (unpaired) electrons. The fourth-order valence-corrected chi connectivity index (χ4v) is 3.90. The first-order valence-electron chi connectivity index (χ1n) is 4.91. The Labute approximate surface area is 98.9 Å². The maximum Gasteiger partial charge on any atom is 0.155 e. The number of hydrogen-bond donors (Lipinski definition) is 1. The average Bonchev–Trinajstić information content (AvgIpc) is 2.57. The first kappa shape index (κ1) is 11.9. The second-order valence-corrected chi connectivity index (χ2v) is 6.67. The third kappa shape index (κ3) is 1.85. The lowest BCUT2D eigenvalue weighted by Gasteiger charge is -2.15. The molecule has 0 bridgehead atoms. The third-order valence-corrected chi connectivity index (χ3v) is 5.09. The average molecular weight is 265 g/mol. The van der Waals surface area contributed by atoms with Gasteiger partial charge in [0.2, 0.25) is 0 Å². The molecule has 2 atom stereocenters. The van der Waals surface area contributed by atoms with Gasteiger partial charge in [-0.1, -0.05) is 11.6 Å². The summed E-state index contributed by atoms with van der Waals surface area (Å²) in [5, 5.41) is 14.4. The van der Waals surface area contributed by atoms with Crippen LogP contribution in [0.15, 0.2) is 0 Å². The SMILES string of the molecule is Cc1nn(C2CS(=O)(=O)CC2O)c(C)c1Cl. The van der Waals surface area contributed by atoms with Gasteiger partial charge in [0.05, 0.1) is 40.1 Å². The van der Waals surface area contributed by atoms with E-state index >= 15 is 0 Å². The molecule has 1 fully saturated rings. The fourth-order valence-electron chi connectivity index (χ4n) is 2.01. The second kappa shape index (κ2) is 3.72. The van der Waals surface area contributed by atoms with Crippen LogP contribution in [0.2, 0.25) is 5.02 Å². The van der Waals surface area contributed by atoms with E-state index in [0.29, 0.717) is 16.4 Å². The van der Waals surface area contributed by atoms with Crippen molar-refractivity contribution in [2.24, 2.45) is 0 Å². The molecule has 1 saturated heterocycles. The zero-order chi connectivity index (χ0) is 12.1. The Kier molecular flexibility index (Phi) is 2.76. The number of aryl methyl sites for hydroxylation is 1. The number of aliphatic hydroxyl groups is 1. The molecule has 90 valence electrons. The lowest BCUT2D eigenvalue weighted by molar-refractivity contribution is 0.145. The summed E-state index contributed by atoms with van der Waals surface area (Å²) < 4.78 is 24.3. The highest BCUT2D eigenvalue weighted by atomic mass is 35.5. The van der Waals surface area contributed by atoms with Crippen molar-refractivity contribution in [2.75, 3.05) is 11.5 Å². The number of nitrogens with zero attached hydrogens (tertiary/aromatic N) is 2. The minimum Gasteiger partial charge on any atom is -0.390 e. The molecule has 2 rings (SSSR count). The van der Waals surface area contributed by atoms with Crippen LogP contribution in [-0.2, 0) is 9.84 Å². The minimum absolute atomic E-state index is 0.0769. The monoisotopic (exact) mass is 264 g/mol. The van der Waals surface area contributed by atoms with Crippen LogP contribution in [0.3, 0.4) is 0 Å². The highest BCUT2D eigenvalue weighted by Crippen LogP contribution is 2.28. The first-order chi connectivity index (χ1) is 7.32. The van der Waals surface area contributed by atoms with Gasteiger partial charge in [-0.2, -0.15) is 5.10 Å². The highest BCUT2D eigenvalue weighted by molar-refractivity contribution is 7.91. The van der Waals surface area contributed by atoms with Crippen LogP contribution in [0, 0.1) is 13.8 Å². The smallest absolute Gasteiger partial charge is 0.155 e. The molecule has 0 amide bonds. The molecule has 1 aromatic rings. The zero-order valence-corrected chi connectivity index (χ0v) is 10.6. The van der Waals surface area contributed by atoms with Crippen molar-refractivity contribution in [2.45, 2.75) is 26.0 Å². The van der Waals surface area contributed by atoms with E-state index in [9.17, 15) is 13.5 Å². The van der Waals surface area contributed by atoms with Crippen molar-refractivity contribution in [3.63, 3.8) is 0 Å². The number of aliphatic hydroxyl groups excluding tert-OH is 1. The Balaban J connectivity index is 2.43. The molecule has 2 heterocycles. The Morgan fingerprint density at radius 3 is 2.44 bits per heavy atom. The van der Waals surface area contributed by atoms with E-state index in [1.807, 2.05) is 0 Å². The van der Waals surface area contributed by atoms with Crippen LogP contribution in [0.5, 0.6) is 0 Å². The maximum absolute atomic E-state index is 11.4. The van der Waals surface area contributed by atoms with Gasteiger partial charge in [-0.15, -0.1) is 0 Å². The van der Waals surface area contributed by atoms with Gasteiger partial charge in [0.25, 0.3) is 0 Å². The molecule has 7 heteroatoms. The zero-order valence-electron chi connectivity index (χ0n) is 9.01. The Morgan fingerprint density at radius 2 is 2.06 bits per heavy atom. The van der Waals surface area contributed by atoms with Gasteiger partial charge in [0.15, 0.2) is 9.84 Å². The lowest BCUT2D eigenvalue weighted by atomic mass is 10.2. The van der Waals surface area contributed by atoms with E-state index in [0.717, 1.165) is 0 Å². The van der Waals surface area contributed by atoms with E-state index < -0.39 is 22.0 Å². The van der Waals surface area contributed by atoms with Gasteiger partial charge < -0.3 is 5.11 Å². The Hall–Kier alpha value is -0.590. The Morgan fingerprint density at radius 1 is 1.44 bits per heavy atom.